The number of benzene rings is 1. The molecule has 0 saturated carbocycles. The highest BCUT2D eigenvalue weighted by Gasteiger charge is 2.38. The van der Waals surface area contributed by atoms with Crippen molar-refractivity contribution in [3.8, 4) is 0 Å². The van der Waals surface area contributed by atoms with Crippen molar-refractivity contribution in [1.82, 2.24) is 4.90 Å². The summed E-state index contributed by atoms with van der Waals surface area (Å²) in [6.45, 7) is 8.47. The average molecular weight is 291 g/mol. The monoisotopic (exact) mass is 291 g/mol. The van der Waals surface area contributed by atoms with Gasteiger partial charge in [0.2, 0.25) is 0 Å². The molecule has 1 amide bonds. The van der Waals surface area contributed by atoms with Crippen LogP contribution in [0.4, 0.5) is 4.79 Å². The van der Waals surface area contributed by atoms with E-state index in [1.807, 2.05) is 52.0 Å². The van der Waals surface area contributed by atoms with Crippen LogP contribution in [-0.4, -0.2) is 34.8 Å². The van der Waals surface area contributed by atoms with Gasteiger partial charge in [-0.1, -0.05) is 29.8 Å². The normalized spacial score (nSPS) is 23.0. The minimum absolute atomic E-state index is 0.283. The smallest absolute Gasteiger partial charge is 0.410 e. The van der Waals surface area contributed by atoms with Gasteiger partial charge < -0.3 is 14.7 Å². The summed E-state index contributed by atoms with van der Waals surface area (Å²) in [7, 11) is 0. The zero-order chi connectivity index (χ0) is 15.7. The molecule has 1 heterocycles. The topological polar surface area (TPSA) is 49.8 Å². The van der Waals surface area contributed by atoms with E-state index in [0.29, 0.717) is 13.0 Å². The quantitative estimate of drug-likeness (QED) is 0.864. The lowest BCUT2D eigenvalue weighted by atomic mass is 9.85. The van der Waals surface area contributed by atoms with E-state index >= 15 is 0 Å². The van der Waals surface area contributed by atoms with E-state index in [1.54, 1.807) is 4.90 Å². The summed E-state index contributed by atoms with van der Waals surface area (Å²) in [4.78, 5) is 13.8. The molecular formula is C17H25NO3. The lowest BCUT2D eigenvalue weighted by molar-refractivity contribution is -0.0465. The van der Waals surface area contributed by atoms with Crippen LogP contribution in [0.5, 0.6) is 0 Å². The van der Waals surface area contributed by atoms with E-state index < -0.39 is 11.2 Å². The number of hydrogen-bond acceptors (Lipinski definition) is 3. The van der Waals surface area contributed by atoms with Crippen LogP contribution >= 0.6 is 0 Å². The van der Waals surface area contributed by atoms with Crippen molar-refractivity contribution in [3.05, 3.63) is 35.4 Å². The number of β-amino-alcohol motifs (C(OH)–C–C–N with tert-alkyl or cyclic N) is 1. The van der Waals surface area contributed by atoms with Gasteiger partial charge in [0.15, 0.2) is 0 Å². The maximum absolute atomic E-state index is 12.2. The van der Waals surface area contributed by atoms with Crippen molar-refractivity contribution in [2.75, 3.05) is 13.1 Å². The Balaban J connectivity index is 2.12. The minimum atomic E-state index is -0.983. The number of aliphatic hydroxyl groups is 1. The molecule has 1 saturated heterocycles. The Hall–Kier alpha value is -1.55. The predicted molar refractivity (Wildman–Crippen MR) is 82.1 cm³/mol. The molecule has 1 aromatic rings. The molecule has 0 radical (unpaired) electrons. The summed E-state index contributed by atoms with van der Waals surface area (Å²) in [5.41, 5.74) is 0.517. The first-order valence-corrected chi connectivity index (χ1v) is 7.47. The lowest BCUT2D eigenvalue weighted by Gasteiger charge is -2.40. The second-order valence-corrected chi connectivity index (χ2v) is 6.90. The van der Waals surface area contributed by atoms with E-state index in [4.69, 9.17) is 4.74 Å². The molecule has 1 aliphatic heterocycles. The molecule has 4 nitrogen and oxygen atoms in total. The van der Waals surface area contributed by atoms with Crippen molar-refractivity contribution in [1.29, 1.82) is 0 Å². The highest BCUT2D eigenvalue weighted by atomic mass is 16.6. The Morgan fingerprint density at radius 3 is 2.48 bits per heavy atom. The van der Waals surface area contributed by atoms with E-state index in [9.17, 15) is 9.90 Å². The van der Waals surface area contributed by atoms with Crippen LogP contribution in [0.15, 0.2) is 24.3 Å². The standard InChI is InChI=1S/C17H25NO3/c1-13-6-8-14(9-7-13)17(20)10-5-11-18(12-17)15(19)21-16(2,3)4/h6-9,20H,5,10-12H2,1-4H3/t17-/m1/s1. The van der Waals surface area contributed by atoms with Crippen LogP contribution in [0.1, 0.15) is 44.7 Å². The first-order valence-electron chi connectivity index (χ1n) is 7.47. The third-order valence-corrected chi connectivity index (χ3v) is 3.71. The fourth-order valence-electron chi connectivity index (χ4n) is 2.62. The van der Waals surface area contributed by atoms with E-state index in [-0.39, 0.29) is 12.6 Å². The first-order chi connectivity index (χ1) is 9.70. The van der Waals surface area contributed by atoms with Crippen LogP contribution in [0.2, 0.25) is 0 Å². The number of nitrogens with zero attached hydrogens (tertiary/aromatic N) is 1. The molecular weight excluding hydrogens is 266 g/mol. The summed E-state index contributed by atoms with van der Waals surface area (Å²) >= 11 is 0. The third-order valence-electron chi connectivity index (χ3n) is 3.71. The van der Waals surface area contributed by atoms with Gasteiger partial charge in [0, 0.05) is 6.54 Å². The molecule has 1 aliphatic rings. The molecule has 0 bridgehead atoms. The Bertz CT molecular complexity index is 504. The molecule has 1 atom stereocenters. The van der Waals surface area contributed by atoms with Gasteiger partial charge in [-0.05, 0) is 46.1 Å². The number of piperidine rings is 1. The molecule has 1 aromatic carbocycles. The van der Waals surface area contributed by atoms with Crippen molar-refractivity contribution in [2.45, 2.75) is 51.7 Å². The Morgan fingerprint density at radius 2 is 1.90 bits per heavy atom. The van der Waals surface area contributed by atoms with Crippen molar-refractivity contribution in [3.63, 3.8) is 0 Å². The minimum Gasteiger partial charge on any atom is -0.444 e. The van der Waals surface area contributed by atoms with Crippen molar-refractivity contribution >= 4 is 6.09 Å². The maximum Gasteiger partial charge on any atom is 0.410 e. The molecule has 0 aliphatic carbocycles. The molecule has 2 rings (SSSR count). The van der Waals surface area contributed by atoms with Gasteiger partial charge in [-0.15, -0.1) is 0 Å². The fourth-order valence-corrected chi connectivity index (χ4v) is 2.62. The third kappa shape index (κ3) is 3.97. The highest BCUT2D eigenvalue weighted by molar-refractivity contribution is 5.68. The number of carbonyl (C=O) groups excluding carboxylic acids is 1. The summed E-state index contributed by atoms with van der Waals surface area (Å²) in [6.07, 6.45) is 1.08. The molecule has 1 N–H and O–H groups in total. The number of hydrogen-bond donors (Lipinski definition) is 1. The van der Waals surface area contributed by atoms with Crippen molar-refractivity contribution in [2.24, 2.45) is 0 Å². The Morgan fingerprint density at radius 1 is 1.29 bits per heavy atom. The molecule has 21 heavy (non-hydrogen) atoms. The number of aryl methyl sites for hydroxylation is 1. The number of ether oxygens (including phenoxy) is 1. The van der Waals surface area contributed by atoms with Gasteiger partial charge in [0.25, 0.3) is 0 Å². The summed E-state index contributed by atoms with van der Waals surface area (Å²) < 4.78 is 5.40. The number of carbonyl (C=O) groups is 1. The number of amides is 1. The van der Waals surface area contributed by atoms with Crippen LogP contribution in [-0.2, 0) is 10.3 Å². The van der Waals surface area contributed by atoms with Gasteiger partial charge in [0.05, 0.1) is 6.54 Å². The van der Waals surface area contributed by atoms with Crippen LogP contribution < -0.4 is 0 Å². The van der Waals surface area contributed by atoms with Gasteiger partial charge in [-0.2, -0.15) is 0 Å². The van der Waals surface area contributed by atoms with Crippen LogP contribution in [0, 0.1) is 6.92 Å². The van der Waals surface area contributed by atoms with Gasteiger partial charge >= 0.3 is 6.09 Å². The zero-order valence-electron chi connectivity index (χ0n) is 13.3. The van der Waals surface area contributed by atoms with Gasteiger partial charge in [0.1, 0.15) is 11.2 Å². The maximum atomic E-state index is 12.2. The highest BCUT2D eigenvalue weighted by Crippen LogP contribution is 2.32. The molecule has 1 fully saturated rings. The fraction of sp³-hybridized carbons (Fsp3) is 0.588. The van der Waals surface area contributed by atoms with E-state index in [1.165, 1.54) is 0 Å². The predicted octanol–water partition coefficient (Wildman–Crippen LogP) is 3.21. The van der Waals surface area contributed by atoms with Crippen LogP contribution in [0.25, 0.3) is 0 Å². The average Bonchev–Trinajstić information content (AvgIpc) is 2.37. The van der Waals surface area contributed by atoms with E-state index in [2.05, 4.69) is 0 Å². The SMILES string of the molecule is Cc1ccc([C@@]2(O)CCCN(C(=O)OC(C)(C)C)C2)cc1. The number of rotatable bonds is 1. The van der Waals surface area contributed by atoms with Gasteiger partial charge in [-0.25, -0.2) is 4.79 Å². The molecule has 0 aromatic heterocycles. The molecule has 0 unspecified atom stereocenters. The van der Waals surface area contributed by atoms with E-state index in [0.717, 1.165) is 17.5 Å². The molecule has 4 heteroatoms. The summed E-state index contributed by atoms with van der Waals surface area (Å²) in [5.74, 6) is 0. The summed E-state index contributed by atoms with van der Waals surface area (Å²) in [5, 5.41) is 10.9. The second-order valence-electron chi connectivity index (χ2n) is 6.90. The molecule has 0 spiro atoms. The molecule has 116 valence electrons. The largest absolute Gasteiger partial charge is 0.444 e. The lowest BCUT2D eigenvalue weighted by Crippen LogP contribution is -2.49. The summed E-state index contributed by atoms with van der Waals surface area (Å²) in [6, 6.07) is 7.85. The Kier molecular flexibility index (Phi) is 4.28. The Labute approximate surface area is 126 Å². The van der Waals surface area contributed by atoms with Gasteiger partial charge in [-0.3, -0.25) is 0 Å². The zero-order valence-corrected chi connectivity index (χ0v) is 13.3. The number of likely N-dealkylation sites (tertiary alicyclic amines) is 1. The first kappa shape index (κ1) is 15.8. The van der Waals surface area contributed by atoms with Crippen LogP contribution in [0.3, 0.4) is 0 Å². The second kappa shape index (κ2) is 5.68. The van der Waals surface area contributed by atoms with Crippen molar-refractivity contribution < 1.29 is 14.6 Å².